The number of aryl methyl sites for hydroxylation is 1. The molecule has 0 aliphatic carbocycles. The van der Waals surface area contributed by atoms with Crippen molar-refractivity contribution in [1.82, 2.24) is 15.3 Å². The number of methoxy groups -OCH3 is 1. The Morgan fingerprint density at radius 2 is 2.15 bits per heavy atom. The smallest absolute Gasteiger partial charge is 0.230 e. The van der Waals surface area contributed by atoms with E-state index >= 15 is 0 Å². The molecule has 2 rings (SSSR count). The van der Waals surface area contributed by atoms with Gasteiger partial charge in [0.25, 0.3) is 0 Å². The molecule has 0 unspecified atom stereocenters. The molecule has 0 radical (unpaired) electrons. The van der Waals surface area contributed by atoms with Crippen LogP contribution in [-0.2, 0) is 13.0 Å². The minimum absolute atomic E-state index is 0.719. The third-order valence-electron chi connectivity index (χ3n) is 2.69. The van der Waals surface area contributed by atoms with Crippen LogP contribution in [0.15, 0.2) is 5.38 Å². The largest absolute Gasteiger partial charge is 0.480 e. The van der Waals surface area contributed by atoms with E-state index in [1.54, 1.807) is 29.8 Å². The third-order valence-corrected chi connectivity index (χ3v) is 4.92. The van der Waals surface area contributed by atoms with Crippen LogP contribution >= 0.6 is 22.7 Å². The second-order valence-corrected chi connectivity index (χ2v) is 6.64. The van der Waals surface area contributed by atoms with Gasteiger partial charge in [0.05, 0.1) is 17.0 Å². The van der Waals surface area contributed by atoms with Gasteiger partial charge in [-0.05, 0) is 6.92 Å². The van der Waals surface area contributed by atoms with Gasteiger partial charge in [-0.2, -0.15) is 4.98 Å². The zero-order valence-electron chi connectivity index (χ0n) is 12.3. The first-order valence-corrected chi connectivity index (χ1v) is 8.12. The molecular formula is C13H20N4OS2. The molecule has 0 aromatic carbocycles. The van der Waals surface area contributed by atoms with Gasteiger partial charge >= 0.3 is 0 Å². The molecule has 110 valence electrons. The number of thiazole rings is 2. The second kappa shape index (κ2) is 7.01. The molecule has 0 aliphatic rings. The molecule has 20 heavy (non-hydrogen) atoms. The molecule has 5 nitrogen and oxygen atoms in total. The summed E-state index contributed by atoms with van der Waals surface area (Å²) >= 11 is 3.38. The Labute approximate surface area is 127 Å². The predicted molar refractivity (Wildman–Crippen MR) is 85.3 cm³/mol. The quantitative estimate of drug-likeness (QED) is 0.795. The summed E-state index contributed by atoms with van der Waals surface area (Å²) in [5.74, 6) is 0.719. The summed E-state index contributed by atoms with van der Waals surface area (Å²) in [5, 5.41) is 7.66. The first-order valence-electron chi connectivity index (χ1n) is 6.43. The van der Waals surface area contributed by atoms with E-state index in [0.717, 1.165) is 41.1 Å². The van der Waals surface area contributed by atoms with Gasteiger partial charge in [0, 0.05) is 44.7 Å². The van der Waals surface area contributed by atoms with Crippen molar-refractivity contribution in [2.45, 2.75) is 19.9 Å². The average molecular weight is 312 g/mol. The highest BCUT2D eigenvalue weighted by atomic mass is 32.1. The predicted octanol–water partition coefficient (Wildman–Crippen LogP) is 2.31. The summed E-state index contributed by atoms with van der Waals surface area (Å²) < 4.78 is 5.32. The zero-order valence-corrected chi connectivity index (χ0v) is 13.9. The number of hydrogen-bond donors (Lipinski definition) is 1. The van der Waals surface area contributed by atoms with Crippen molar-refractivity contribution in [3.05, 3.63) is 21.0 Å². The lowest BCUT2D eigenvalue weighted by atomic mass is 10.4. The van der Waals surface area contributed by atoms with Crippen molar-refractivity contribution in [1.29, 1.82) is 0 Å². The van der Waals surface area contributed by atoms with Crippen LogP contribution in [0.4, 0.5) is 5.13 Å². The van der Waals surface area contributed by atoms with E-state index in [1.165, 1.54) is 5.01 Å². The van der Waals surface area contributed by atoms with Gasteiger partial charge < -0.3 is 15.0 Å². The van der Waals surface area contributed by atoms with Gasteiger partial charge in [0.15, 0.2) is 5.13 Å². The van der Waals surface area contributed by atoms with Crippen molar-refractivity contribution in [2.75, 3.05) is 32.6 Å². The second-order valence-electron chi connectivity index (χ2n) is 4.63. The fraction of sp³-hybridized carbons (Fsp3) is 0.538. The molecule has 0 fully saturated rings. The van der Waals surface area contributed by atoms with Crippen molar-refractivity contribution < 1.29 is 4.74 Å². The van der Waals surface area contributed by atoms with Gasteiger partial charge in [-0.3, -0.25) is 0 Å². The summed E-state index contributed by atoms with van der Waals surface area (Å²) in [6, 6.07) is 0. The van der Waals surface area contributed by atoms with Crippen LogP contribution in [0.2, 0.25) is 0 Å². The summed E-state index contributed by atoms with van der Waals surface area (Å²) in [4.78, 5) is 12.0. The maximum absolute atomic E-state index is 5.32. The maximum atomic E-state index is 5.32. The molecule has 0 amide bonds. The molecule has 0 spiro atoms. The Hall–Kier alpha value is -1.18. The van der Waals surface area contributed by atoms with Crippen molar-refractivity contribution in [3.8, 4) is 5.88 Å². The molecule has 0 bridgehead atoms. The van der Waals surface area contributed by atoms with E-state index in [9.17, 15) is 0 Å². The van der Waals surface area contributed by atoms with Gasteiger partial charge in [-0.15, -0.1) is 11.3 Å². The molecule has 0 aliphatic heterocycles. The number of rotatable bonds is 7. The Morgan fingerprint density at radius 1 is 1.35 bits per heavy atom. The van der Waals surface area contributed by atoms with E-state index in [1.807, 2.05) is 25.9 Å². The zero-order chi connectivity index (χ0) is 14.5. The van der Waals surface area contributed by atoms with E-state index in [0.29, 0.717) is 0 Å². The number of nitrogens with one attached hydrogen (secondary N) is 1. The molecule has 0 saturated carbocycles. The topological polar surface area (TPSA) is 50.3 Å². The molecule has 1 N–H and O–H groups in total. The Kier molecular flexibility index (Phi) is 5.33. The molecule has 7 heteroatoms. The van der Waals surface area contributed by atoms with Crippen LogP contribution in [0.1, 0.15) is 15.6 Å². The molecule has 0 saturated heterocycles. The van der Waals surface area contributed by atoms with E-state index < -0.39 is 0 Å². The van der Waals surface area contributed by atoms with Crippen LogP contribution in [0, 0.1) is 6.92 Å². The van der Waals surface area contributed by atoms with Crippen LogP contribution in [0.5, 0.6) is 5.88 Å². The molecule has 2 heterocycles. The minimum atomic E-state index is 0.719. The first-order chi connectivity index (χ1) is 9.60. The summed E-state index contributed by atoms with van der Waals surface area (Å²) in [6.45, 7) is 3.71. The van der Waals surface area contributed by atoms with Crippen LogP contribution in [-0.4, -0.2) is 37.7 Å². The van der Waals surface area contributed by atoms with E-state index in [-0.39, 0.29) is 0 Å². The summed E-state index contributed by atoms with van der Waals surface area (Å²) in [6.07, 6.45) is 0.958. The molecule has 2 aromatic rings. The highest BCUT2D eigenvalue weighted by molar-refractivity contribution is 7.15. The minimum Gasteiger partial charge on any atom is -0.480 e. The van der Waals surface area contributed by atoms with Crippen LogP contribution in [0.3, 0.4) is 0 Å². The maximum Gasteiger partial charge on any atom is 0.230 e. The fourth-order valence-corrected chi connectivity index (χ4v) is 3.40. The van der Waals surface area contributed by atoms with Crippen molar-refractivity contribution >= 4 is 27.8 Å². The first kappa shape index (κ1) is 15.2. The average Bonchev–Trinajstić information content (AvgIpc) is 3.01. The highest BCUT2D eigenvalue weighted by Crippen LogP contribution is 2.30. The van der Waals surface area contributed by atoms with Crippen LogP contribution in [0.25, 0.3) is 0 Å². The number of aromatic nitrogens is 2. The van der Waals surface area contributed by atoms with Gasteiger partial charge in [-0.25, -0.2) is 4.98 Å². The lowest BCUT2D eigenvalue weighted by Gasteiger charge is -2.05. The summed E-state index contributed by atoms with van der Waals surface area (Å²) in [7, 11) is 5.64. The van der Waals surface area contributed by atoms with Crippen LogP contribution < -0.4 is 15.0 Å². The van der Waals surface area contributed by atoms with Gasteiger partial charge in [0.2, 0.25) is 5.88 Å². The fourth-order valence-electron chi connectivity index (χ4n) is 1.70. The standard InChI is InChI=1S/C13H20N4OS2/c1-9-8-19-11(15-9)5-6-14-7-10-12(18-4)16-13(20-10)17(2)3/h8,14H,5-7H2,1-4H3. The number of anilines is 1. The van der Waals surface area contributed by atoms with Crippen molar-refractivity contribution in [3.63, 3.8) is 0 Å². The van der Waals surface area contributed by atoms with Crippen molar-refractivity contribution in [2.24, 2.45) is 0 Å². The van der Waals surface area contributed by atoms with Gasteiger partial charge in [0.1, 0.15) is 0 Å². The molecule has 0 atom stereocenters. The van der Waals surface area contributed by atoms with E-state index in [2.05, 4.69) is 20.7 Å². The lowest BCUT2D eigenvalue weighted by Crippen LogP contribution is -2.16. The third kappa shape index (κ3) is 3.91. The number of ether oxygens (including phenoxy) is 1. The molecular weight excluding hydrogens is 292 g/mol. The Balaban J connectivity index is 1.84. The SMILES string of the molecule is COc1nc(N(C)C)sc1CNCCc1nc(C)cs1. The number of nitrogens with zero attached hydrogens (tertiary/aromatic N) is 3. The lowest BCUT2D eigenvalue weighted by molar-refractivity contribution is 0.395. The normalized spacial score (nSPS) is 10.8. The Morgan fingerprint density at radius 3 is 2.75 bits per heavy atom. The monoisotopic (exact) mass is 312 g/mol. The summed E-state index contributed by atoms with van der Waals surface area (Å²) in [5.41, 5.74) is 1.10. The Bertz CT molecular complexity index is 550. The highest BCUT2D eigenvalue weighted by Gasteiger charge is 2.12. The van der Waals surface area contributed by atoms with E-state index in [4.69, 9.17) is 4.74 Å². The molecule has 2 aromatic heterocycles. The van der Waals surface area contributed by atoms with Gasteiger partial charge in [-0.1, -0.05) is 11.3 Å². The number of hydrogen-bond acceptors (Lipinski definition) is 7.